The Morgan fingerprint density at radius 2 is 2.12 bits per heavy atom. The smallest absolute Gasteiger partial charge is 0.321 e. The second-order valence-electron chi connectivity index (χ2n) is 7.48. The lowest BCUT2D eigenvalue weighted by molar-refractivity contribution is 0.212. The van der Waals surface area contributed by atoms with Crippen LogP contribution in [0, 0.1) is 5.92 Å². The Hall–Kier alpha value is -2.19. The number of anilines is 1. The lowest BCUT2D eigenvalue weighted by Crippen LogP contribution is -2.44. The van der Waals surface area contributed by atoms with E-state index in [4.69, 9.17) is 0 Å². The summed E-state index contributed by atoms with van der Waals surface area (Å²) in [4.78, 5) is 16.0. The first-order chi connectivity index (χ1) is 12.6. The second-order valence-corrected chi connectivity index (χ2v) is 7.48. The van der Waals surface area contributed by atoms with E-state index in [1.54, 1.807) is 11.9 Å². The van der Waals surface area contributed by atoms with E-state index in [-0.39, 0.29) is 6.03 Å². The zero-order valence-corrected chi connectivity index (χ0v) is 15.4. The van der Waals surface area contributed by atoms with Gasteiger partial charge in [-0.1, -0.05) is 25.3 Å². The van der Waals surface area contributed by atoms with Crippen molar-refractivity contribution in [2.24, 2.45) is 13.0 Å². The highest BCUT2D eigenvalue weighted by Gasteiger charge is 2.37. The number of hydrogen-bond acceptors (Lipinski definition) is 5. The quantitative estimate of drug-likeness (QED) is 0.780. The van der Waals surface area contributed by atoms with Gasteiger partial charge >= 0.3 is 6.03 Å². The molecule has 3 unspecified atom stereocenters. The molecule has 2 aliphatic rings. The summed E-state index contributed by atoms with van der Waals surface area (Å²) in [5, 5.41) is 11.6. The second kappa shape index (κ2) is 7.20. The van der Waals surface area contributed by atoms with Crippen LogP contribution in [0.2, 0.25) is 0 Å². The van der Waals surface area contributed by atoms with Crippen LogP contribution in [-0.4, -0.2) is 51.6 Å². The maximum absolute atomic E-state index is 12.7. The number of carbonyl (C=O) groups excluding carboxylic acids is 1. The fourth-order valence-corrected chi connectivity index (χ4v) is 4.23. The number of fused-ring (bicyclic) bond motifs is 2. The van der Waals surface area contributed by atoms with Crippen molar-refractivity contribution in [2.45, 2.75) is 44.2 Å². The highest BCUT2D eigenvalue weighted by molar-refractivity contribution is 5.98. The molecular weight excluding hydrogens is 330 g/mol. The summed E-state index contributed by atoms with van der Waals surface area (Å²) in [5.41, 5.74) is 9.03. The van der Waals surface area contributed by atoms with Crippen molar-refractivity contribution in [1.29, 1.82) is 0 Å². The summed E-state index contributed by atoms with van der Waals surface area (Å²) < 4.78 is 0. The monoisotopic (exact) mass is 357 g/mol. The van der Waals surface area contributed by atoms with Crippen LogP contribution in [0.4, 0.5) is 10.5 Å². The van der Waals surface area contributed by atoms with Crippen molar-refractivity contribution >= 4 is 22.8 Å². The van der Waals surface area contributed by atoms with Crippen molar-refractivity contribution in [3.8, 4) is 0 Å². The highest BCUT2D eigenvalue weighted by atomic mass is 16.2. The van der Waals surface area contributed by atoms with Crippen molar-refractivity contribution < 1.29 is 4.79 Å². The number of nitrogens with one attached hydrogen (secondary N) is 3. The molecule has 3 N–H and O–H groups in total. The first-order valence-electron chi connectivity index (χ1n) is 9.45. The largest absolute Gasteiger partial charge is 0.326 e. The number of aryl methyl sites for hydroxylation is 1. The molecule has 1 aromatic carbocycles. The SMILES string of the molecule is CN(CC1NNC2CCCCCC21)C(=O)Nc1cccc2nn(C)nc12. The summed E-state index contributed by atoms with van der Waals surface area (Å²) in [6, 6.07) is 6.34. The van der Waals surface area contributed by atoms with Crippen molar-refractivity contribution in [2.75, 3.05) is 18.9 Å². The Morgan fingerprint density at radius 1 is 1.27 bits per heavy atom. The molecule has 1 saturated heterocycles. The summed E-state index contributed by atoms with van der Waals surface area (Å²) in [5.74, 6) is 0.594. The van der Waals surface area contributed by atoms with Gasteiger partial charge in [0.1, 0.15) is 11.0 Å². The third-order valence-electron chi connectivity index (χ3n) is 5.61. The number of hydrogen-bond donors (Lipinski definition) is 3. The number of aromatic nitrogens is 3. The molecule has 1 aliphatic carbocycles. The number of hydrazine groups is 1. The van der Waals surface area contributed by atoms with E-state index in [1.165, 1.54) is 36.9 Å². The van der Waals surface area contributed by atoms with Gasteiger partial charge in [0.25, 0.3) is 0 Å². The molecule has 2 fully saturated rings. The fraction of sp³-hybridized carbons (Fsp3) is 0.611. The van der Waals surface area contributed by atoms with Gasteiger partial charge in [0.2, 0.25) is 0 Å². The van der Waals surface area contributed by atoms with E-state index in [9.17, 15) is 4.79 Å². The standard InChI is InChI=1S/C18H27N7O/c1-24(11-16-12-7-4-3-5-8-13(12)20-21-16)18(26)19-14-9-6-10-15-17(14)23-25(2)22-15/h6,9-10,12-13,16,20-21H,3-5,7-8,11H2,1-2H3,(H,19,26). The third kappa shape index (κ3) is 3.39. The molecule has 2 aromatic rings. The van der Waals surface area contributed by atoms with E-state index in [0.29, 0.717) is 35.8 Å². The molecule has 8 nitrogen and oxygen atoms in total. The van der Waals surface area contributed by atoms with Crippen LogP contribution < -0.4 is 16.2 Å². The van der Waals surface area contributed by atoms with Gasteiger partial charge in [-0.15, -0.1) is 0 Å². The van der Waals surface area contributed by atoms with Crippen LogP contribution in [-0.2, 0) is 7.05 Å². The van der Waals surface area contributed by atoms with Gasteiger partial charge in [0.05, 0.1) is 5.69 Å². The number of likely N-dealkylation sites (N-methyl/N-ethyl adjacent to an activating group) is 1. The molecule has 3 atom stereocenters. The lowest BCUT2D eigenvalue weighted by Gasteiger charge is -2.26. The molecule has 1 aliphatic heterocycles. The predicted octanol–water partition coefficient (Wildman–Crippen LogP) is 1.86. The molecule has 0 spiro atoms. The van der Waals surface area contributed by atoms with Crippen LogP contribution in [0.5, 0.6) is 0 Å². The molecule has 0 bridgehead atoms. The topological polar surface area (TPSA) is 87.1 Å². The zero-order valence-electron chi connectivity index (χ0n) is 15.4. The number of nitrogens with zero attached hydrogens (tertiary/aromatic N) is 4. The summed E-state index contributed by atoms with van der Waals surface area (Å²) in [6.45, 7) is 0.677. The first-order valence-corrected chi connectivity index (χ1v) is 9.45. The summed E-state index contributed by atoms with van der Waals surface area (Å²) >= 11 is 0. The number of urea groups is 1. The minimum atomic E-state index is -0.123. The molecule has 140 valence electrons. The van der Waals surface area contributed by atoms with Crippen LogP contribution in [0.3, 0.4) is 0 Å². The molecule has 1 saturated carbocycles. The molecular formula is C18H27N7O. The summed E-state index contributed by atoms with van der Waals surface area (Å²) in [7, 11) is 3.62. The highest BCUT2D eigenvalue weighted by Crippen LogP contribution is 2.29. The van der Waals surface area contributed by atoms with E-state index in [2.05, 4.69) is 26.4 Å². The van der Waals surface area contributed by atoms with E-state index >= 15 is 0 Å². The Balaban J connectivity index is 1.41. The number of amides is 2. The van der Waals surface area contributed by atoms with Gasteiger partial charge in [-0.05, 0) is 30.9 Å². The lowest BCUT2D eigenvalue weighted by atomic mass is 9.90. The normalized spacial score (nSPS) is 25.7. The molecule has 1 aromatic heterocycles. The Morgan fingerprint density at radius 3 is 3.00 bits per heavy atom. The molecule has 8 heteroatoms. The minimum absolute atomic E-state index is 0.123. The van der Waals surface area contributed by atoms with Gasteiger partial charge < -0.3 is 10.2 Å². The molecule has 2 heterocycles. The average Bonchev–Trinajstić information content (AvgIpc) is 3.09. The van der Waals surface area contributed by atoms with Gasteiger partial charge in [0.15, 0.2) is 0 Å². The maximum atomic E-state index is 12.7. The van der Waals surface area contributed by atoms with E-state index in [1.807, 2.05) is 25.2 Å². The van der Waals surface area contributed by atoms with Gasteiger partial charge in [-0.25, -0.2) is 4.79 Å². The van der Waals surface area contributed by atoms with Crippen molar-refractivity contribution in [3.63, 3.8) is 0 Å². The Bertz CT molecular complexity index is 789. The number of benzene rings is 1. The Kier molecular flexibility index (Phi) is 4.78. The van der Waals surface area contributed by atoms with E-state index in [0.717, 1.165) is 5.52 Å². The van der Waals surface area contributed by atoms with Crippen LogP contribution >= 0.6 is 0 Å². The van der Waals surface area contributed by atoms with Crippen molar-refractivity contribution in [3.05, 3.63) is 18.2 Å². The molecule has 4 rings (SSSR count). The Labute approximate surface area is 153 Å². The molecule has 0 radical (unpaired) electrons. The van der Waals surface area contributed by atoms with Crippen molar-refractivity contribution in [1.82, 2.24) is 30.7 Å². The number of carbonyl (C=O) groups is 1. The van der Waals surface area contributed by atoms with Gasteiger partial charge in [-0.2, -0.15) is 15.0 Å². The van der Waals surface area contributed by atoms with E-state index < -0.39 is 0 Å². The predicted molar refractivity (Wildman–Crippen MR) is 101 cm³/mol. The van der Waals surface area contributed by atoms with Crippen LogP contribution in [0.1, 0.15) is 32.1 Å². The molecule has 2 amide bonds. The molecule has 26 heavy (non-hydrogen) atoms. The summed E-state index contributed by atoms with van der Waals surface area (Å²) in [6.07, 6.45) is 6.34. The van der Waals surface area contributed by atoms with Crippen LogP contribution in [0.25, 0.3) is 11.0 Å². The fourth-order valence-electron chi connectivity index (χ4n) is 4.23. The first kappa shape index (κ1) is 17.2. The van der Waals surface area contributed by atoms with Gasteiger partial charge in [0, 0.05) is 32.7 Å². The number of rotatable bonds is 3. The minimum Gasteiger partial charge on any atom is -0.326 e. The van der Waals surface area contributed by atoms with Gasteiger partial charge in [-0.3, -0.25) is 10.9 Å². The van der Waals surface area contributed by atoms with Crippen LogP contribution in [0.15, 0.2) is 18.2 Å². The third-order valence-corrected chi connectivity index (χ3v) is 5.61. The average molecular weight is 357 g/mol. The maximum Gasteiger partial charge on any atom is 0.321 e. The zero-order chi connectivity index (χ0) is 18.1.